The van der Waals surface area contributed by atoms with Crippen LogP contribution in [0.2, 0.25) is 0 Å². The number of amidine groups is 1. The highest BCUT2D eigenvalue weighted by molar-refractivity contribution is 5.98. The van der Waals surface area contributed by atoms with Gasteiger partial charge in [0.2, 0.25) is 0 Å². The van der Waals surface area contributed by atoms with Gasteiger partial charge in [-0.05, 0) is 48.6 Å². The van der Waals surface area contributed by atoms with Crippen LogP contribution in [0.3, 0.4) is 0 Å². The Kier molecular flexibility index (Phi) is 6.41. The van der Waals surface area contributed by atoms with Gasteiger partial charge in [0, 0.05) is 68.6 Å². The van der Waals surface area contributed by atoms with E-state index in [-0.39, 0.29) is 11.8 Å². The van der Waals surface area contributed by atoms with E-state index < -0.39 is 0 Å². The van der Waals surface area contributed by atoms with Gasteiger partial charge in [-0.3, -0.25) is 9.78 Å². The van der Waals surface area contributed by atoms with E-state index in [2.05, 4.69) is 20.6 Å². The smallest absolute Gasteiger partial charge is 0.253 e. The highest BCUT2D eigenvalue weighted by Gasteiger charge is 2.28. The predicted octanol–water partition coefficient (Wildman–Crippen LogP) is 3.49. The van der Waals surface area contributed by atoms with Crippen molar-refractivity contribution in [3.8, 4) is 0 Å². The molecule has 0 bridgehead atoms. The number of nitrogens with two attached hydrogens (primary N) is 1. The topological polar surface area (TPSA) is 121 Å². The summed E-state index contributed by atoms with van der Waals surface area (Å²) >= 11 is 0. The number of nitrogens with one attached hydrogen (secondary N) is 2. The summed E-state index contributed by atoms with van der Waals surface area (Å²) in [5.41, 5.74) is 9.35. The summed E-state index contributed by atoms with van der Waals surface area (Å²) < 4.78 is 0. The summed E-state index contributed by atoms with van der Waals surface area (Å²) in [5, 5.41) is 7.83. The summed E-state index contributed by atoms with van der Waals surface area (Å²) in [6.45, 7) is 1.16. The van der Waals surface area contributed by atoms with E-state index in [1.54, 1.807) is 25.2 Å². The molecule has 0 saturated heterocycles. The first-order chi connectivity index (χ1) is 17.0. The van der Waals surface area contributed by atoms with Gasteiger partial charge in [0.15, 0.2) is 0 Å². The zero-order valence-electron chi connectivity index (χ0n) is 20.0. The first-order valence-corrected chi connectivity index (χ1v) is 11.9. The van der Waals surface area contributed by atoms with Gasteiger partial charge in [-0.25, -0.2) is 15.0 Å². The molecular formula is C26H30N8O. The highest BCUT2D eigenvalue weighted by Crippen LogP contribution is 2.44. The van der Waals surface area contributed by atoms with E-state index in [1.165, 1.54) is 18.4 Å². The van der Waals surface area contributed by atoms with Crippen molar-refractivity contribution in [2.24, 2.45) is 10.7 Å². The second kappa shape index (κ2) is 9.79. The van der Waals surface area contributed by atoms with Gasteiger partial charge in [-0.1, -0.05) is 6.08 Å². The first-order valence-electron chi connectivity index (χ1n) is 11.9. The van der Waals surface area contributed by atoms with Gasteiger partial charge < -0.3 is 21.3 Å². The molecular weight excluding hydrogens is 440 g/mol. The average molecular weight is 471 g/mol. The van der Waals surface area contributed by atoms with Gasteiger partial charge in [-0.2, -0.15) is 0 Å². The quantitative estimate of drug-likeness (QED) is 0.483. The number of hydrogen-bond donors (Lipinski definition) is 3. The number of pyridine rings is 1. The zero-order chi connectivity index (χ0) is 24.4. The van der Waals surface area contributed by atoms with E-state index in [1.807, 2.05) is 42.7 Å². The number of carbonyl (C=O) groups excluding carboxylic acids is 1. The molecule has 1 aliphatic heterocycles. The number of rotatable bonds is 7. The number of anilines is 2. The lowest BCUT2D eigenvalue weighted by Crippen LogP contribution is -2.22. The molecule has 1 atom stereocenters. The average Bonchev–Trinajstić information content (AvgIpc) is 3.72. The second-order valence-corrected chi connectivity index (χ2v) is 9.17. The van der Waals surface area contributed by atoms with Crippen LogP contribution in [0.1, 0.15) is 52.8 Å². The number of carbonyl (C=O) groups is 1. The first kappa shape index (κ1) is 22.9. The maximum atomic E-state index is 12.1. The van der Waals surface area contributed by atoms with E-state index >= 15 is 0 Å². The van der Waals surface area contributed by atoms with Crippen LogP contribution in [-0.4, -0.2) is 58.8 Å². The molecule has 3 heterocycles. The molecule has 2 aliphatic rings. The largest absolute Gasteiger partial charge is 0.368 e. The third kappa shape index (κ3) is 5.00. The van der Waals surface area contributed by atoms with Crippen LogP contribution >= 0.6 is 0 Å². The number of fused-ring (bicyclic) bond motifs is 1. The van der Waals surface area contributed by atoms with Crippen molar-refractivity contribution < 1.29 is 4.79 Å². The number of aromatic nitrogens is 3. The van der Waals surface area contributed by atoms with E-state index in [0.717, 1.165) is 34.1 Å². The number of allylic oxidation sites excluding steroid dienone is 1. The van der Waals surface area contributed by atoms with Crippen molar-refractivity contribution in [1.29, 1.82) is 0 Å². The molecule has 0 radical (unpaired) electrons. The molecule has 4 N–H and O–H groups in total. The molecule has 2 aromatic heterocycles. The molecule has 5 rings (SSSR count). The second-order valence-electron chi connectivity index (χ2n) is 9.17. The Labute approximate surface area is 204 Å². The molecule has 1 aliphatic carbocycles. The monoisotopic (exact) mass is 470 g/mol. The molecule has 1 amide bonds. The summed E-state index contributed by atoms with van der Waals surface area (Å²) in [7, 11) is 3.48. The van der Waals surface area contributed by atoms with Crippen LogP contribution in [0, 0.1) is 0 Å². The Balaban J connectivity index is 1.37. The Hall–Kier alpha value is -3.85. The van der Waals surface area contributed by atoms with Crippen molar-refractivity contribution in [2.45, 2.75) is 31.1 Å². The third-order valence-corrected chi connectivity index (χ3v) is 6.23. The van der Waals surface area contributed by atoms with Crippen LogP contribution in [0.4, 0.5) is 11.5 Å². The summed E-state index contributed by atoms with van der Waals surface area (Å²) in [5.74, 6) is 2.85. The standard InChI is InChI=1S/C26H30N8O/c1-34(2)26(35)17-5-7-19(8-6-17)31-22-13-18(9-11-29-22)24-32-21-15-28-14-20(16-3-4-16)23(21)25(33-24)30-12-10-27/h5-9,11,14-16,18H,3-4,10,12-13,27H2,1-2H3,(H,29,31)(H,30,32,33). The number of benzene rings is 1. The van der Waals surface area contributed by atoms with Crippen LogP contribution in [0.5, 0.6) is 0 Å². The van der Waals surface area contributed by atoms with Crippen molar-refractivity contribution in [1.82, 2.24) is 19.9 Å². The number of amides is 1. The molecule has 1 unspecified atom stereocenters. The van der Waals surface area contributed by atoms with Crippen LogP contribution in [0.25, 0.3) is 10.9 Å². The fourth-order valence-electron chi connectivity index (χ4n) is 4.26. The lowest BCUT2D eigenvalue weighted by molar-refractivity contribution is 0.0827. The molecule has 9 heteroatoms. The normalized spacial score (nSPS) is 17.2. The van der Waals surface area contributed by atoms with Crippen molar-refractivity contribution in [3.05, 3.63) is 65.9 Å². The third-order valence-electron chi connectivity index (χ3n) is 6.23. The van der Waals surface area contributed by atoms with Crippen LogP contribution < -0.4 is 16.4 Å². The number of hydrogen-bond acceptors (Lipinski definition) is 8. The summed E-state index contributed by atoms with van der Waals surface area (Å²) in [6.07, 6.45) is 10.6. The molecule has 1 aromatic carbocycles. The molecule has 180 valence electrons. The molecule has 9 nitrogen and oxygen atoms in total. The lowest BCUT2D eigenvalue weighted by atomic mass is 10.0. The minimum Gasteiger partial charge on any atom is -0.368 e. The fourth-order valence-corrected chi connectivity index (χ4v) is 4.26. The van der Waals surface area contributed by atoms with Crippen LogP contribution in [0.15, 0.2) is 53.9 Å². The van der Waals surface area contributed by atoms with Crippen molar-refractivity contribution in [3.63, 3.8) is 0 Å². The zero-order valence-corrected chi connectivity index (χ0v) is 20.0. The van der Waals surface area contributed by atoms with Gasteiger partial charge in [-0.15, -0.1) is 0 Å². The highest BCUT2D eigenvalue weighted by atomic mass is 16.2. The van der Waals surface area contributed by atoms with Gasteiger partial charge in [0.25, 0.3) is 5.91 Å². The minimum atomic E-state index is -0.0306. The molecule has 0 spiro atoms. The Bertz CT molecular complexity index is 1290. The van der Waals surface area contributed by atoms with Crippen LogP contribution in [-0.2, 0) is 0 Å². The Morgan fingerprint density at radius 2 is 1.94 bits per heavy atom. The van der Waals surface area contributed by atoms with Crippen molar-refractivity contribution in [2.75, 3.05) is 37.8 Å². The maximum Gasteiger partial charge on any atom is 0.253 e. The van der Waals surface area contributed by atoms with Gasteiger partial charge in [0.1, 0.15) is 17.5 Å². The van der Waals surface area contributed by atoms with Gasteiger partial charge in [0.05, 0.1) is 11.7 Å². The van der Waals surface area contributed by atoms with E-state index in [4.69, 9.17) is 15.7 Å². The number of nitrogens with zero attached hydrogens (tertiary/aromatic N) is 5. The minimum absolute atomic E-state index is 0.0265. The molecule has 3 aromatic rings. The SMILES string of the molecule is CN(C)C(=O)c1ccc(NC2=NC=CC(c3nc(NCCN)c4c(C5CC5)cncc4n3)C2)cc1. The predicted molar refractivity (Wildman–Crippen MR) is 139 cm³/mol. The summed E-state index contributed by atoms with van der Waals surface area (Å²) in [4.78, 5) is 32.5. The molecule has 1 saturated carbocycles. The molecule has 35 heavy (non-hydrogen) atoms. The Morgan fingerprint density at radius 3 is 2.66 bits per heavy atom. The summed E-state index contributed by atoms with van der Waals surface area (Å²) in [6, 6.07) is 7.40. The Morgan fingerprint density at radius 1 is 1.14 bits per heavy atom. The fraction of sp³-hybridized carbons (Fsp3) is 0.346. The van der Waals surface area contributed by atoms with E-state index in [9.17, 15) is 4.79 Å². The lowest BCUT2D eigenvalue weighted by Gasteiger charge is -2.20. The van der Waals surface area contributed by atoms with Gasteiger partial charge >= 0.3 is 0 Å². The van der Waals surface area contributed by atoms with E-state index in [0.29, 0.717) is 31.0 Å². The molecule has 1 fully saturated rings. The number of aliphatic imine (C=N–C) groups is 1. The van der Waals surface area contributed by atoms with Crippen molar-refractivity contribution >= 4 is 34.2 Å². The maximum absolute atomic E-state index is 12.1.